The van der Waals surface area contributed by atoms with Crippen LogP contribution in [0, 0.1) is 23.0 Å². The van der Waals surface area contributed by atoms with E-state index in [1.165, 1.54) is 29.1 Å². The van der Waals surface area contributed by atoms with Crippen LogP contribution in [0.25, 0.3) is 11.3 Å². The molecule has 1 aliphatic heterocycles. The molecule has 2 aromatic carbocycles. The Labute approximate surface area is 195 Å². The lowest BCUT2D eigenvalue weighted by Crippen LogP contribution is -2.39. The highest BCUT2D eigenvalue weighted by atomic mass is 19.1. The van der Waals surface area contributed by atoms with Gasteiger partial charge in [0.1, 0.15) is 11.6 Å². The number of hydrogen-bond donors (Lipinski definition) is 1. The van der Waals surface area contributed by atoms with Crippen LogP contribution in [-0.2, 0) is 24.3 Å². The van der Waals surface area contributed by atoms with Crippen LogP contribution in [0.4, 0.5) is 13.6 Å². The molecule has 0 radical (unpaired) electrons. The number of fused-ring (bicyclic) bond motifs is 1. The van der Waals surface area contributed by atoms with Crippen LogP contribution in [-0.4, -0.2) is 57.7 Å². The molecule has 4 rings (SSSR count). The number of aromatic nitrogens is 2. The molecule has 0 fully saturated rings. The highest BCUT2D eigenvalue weighted by molar-refractivity contribution is 5.68. The summed E-state index contributed by atoms with van der Waals surface area (Å²) in [5.41, 5.74) is 3.70. The molecule has 1 N–H and O–H groups in total. The number of hydroxylamine groups is 2. The molecule has 176 valence electrons. The zero-order valence-electron chi connectivity index (χ0n) is 18.5. The van der Waals surface area contributed by atoms with Gasteiger partial charge >= 0.3 is 6.09 Å². The van der Waals surface area contributed by atoms with Gasteiger partial charge in [-0.3, -0.25) is 4.68 Å². The van der Waals surface area contributed by atoms with E-state index in [4.69, 9.17) is 15.0 Å². The number of likely N-dealkylation sites (N-methyl/N-ethyl adjacent to an activating group) is 1. The predicted octanol–water partition coefficient (Wildman–Crippen LogP) is 3.08. The van der Waals surface area contributed by atoms with E-state index in [1.54, 1.807) is 22.9 Å². The molecule has 0 bridgehead atoms. The first-order valence-electron chi connectivity index (χ1n) is 10.7. The second-order valence-electron chi connectivity index (χ2n) is 7.98. The van der Waals surface area contributed by atoms with Crippen molar-refractivity contribution in [2.75, 3.05) is 26.7 Å². The van der Waals surface area contributed by atoms with Crippen molar-refractivity contribution in [1.82, 2.24) is 19.7 Å². The molecule has 0 unspecified atom stereocenters. The summed E-state index contributed by atoms with van der Waals surface area (Å²) in [7, 11) is 1.53. The van der Waals surface area contributed by atoms with Gasteiger partial charge in [-0.25, -0.2) is 13.6 Å². The van der Waals surface area contributed by atoms with Gasteiger partial charge in [-0.15, -0.1) is 5.06 Å². The van der Waals surface area contributed by atoms with Crippen LogP contribution in [0.5, 0.6) is 0 Å². The summed E-state index contributed by atoms with van der Waals surface area (Å²) in [6.07, 6.45) is -0.119. The lowest BCUT2D eigenvalue weighted by Gasteiger charge is -2.28. The number of halogens is 2. The van der Waals surface area contributed by atoms with Crippen LogP contribution in [0.3, 0.4) is 0 Å². The lowest BCUT2D eigenvalue weighted by atomic mass is 10.0. The van der Waals surface area contributed by atoms with E-state index < -0.39 is 17.7 Å². The smallest absolute Gasteiger partial charge is 0.395 e. The largest absolute Gasteiger partial charge is 0.428 e. The van der Waals surface area contributed by atoms with Gasteiger partial charge in [-0.1, -0.05) is 18.2 Å². The Hall–Kier alpha value is -3.81. The minimum atomic E-state index is -0.657. The molecule has 0 aliphatic carbocycles. The maximum absolute atomic E-state index is 14.3. The molecule has 0 atom stereocenters. The molecule has 0 saturated carbocycles. The van der Waals surface area contributed by atoms with Gasteiger partial charge in [0, 0.05) is 55.0 Å². The Kier molecular flexibility index (Phi) is 6.86. The van der Waals surface area contributed by atoms with Crippen molar-refractivity contribution in [2.24, 2.45) is 0 Å². The van der Waals surface area contributed by atoms with Gasteiger partial charge in [-0.05, 0) is 18.2 Å². The SMILES string of the molecule is CN(CCO)C(=O)ON1CCc2c(c(-c3cccc(C#N)c3)nn2Cc2ccc(F)cc2F)C1. The zero-order valence-corrected chi connectivity index (χ0v) is 18.5. The monoisotopic (exact) mass is 467 g/mol. The number of amides is 1. The number of aliphatic hydroxyl groups excluding tert-OH is 1. The third-order valence-electron chi connectivity index (χ3n) is 5.65. The average Bonchev–Trinajstić information content (AvgIpc) is 3.18. The molecule has 2 heterocycles. The van der Waals surface area contributed by atoms with Crippen LogP contribution in [0.15, 0.2) is 42.5 Å². The third kappa shape index (κ3) is 4.90. The number of nitriles is 1. The molecular formula is C24H23F2N5O3. The topological polar surface area (TPSA) is 94.6 Å². The zero-order chi connectivity index (χ0) is 24.2. The molecular weight excluding hydrogens is 444 g/mol. The minimum Gasteiger partial charge on any atom is -0.395 e. The van der Waals surface area contributed by atoms with Crippen LogP contribution >= 0.6 is 0 Å². The molecule has 3 aromatic rings. The van der Waals surface area contributed by atoms with Crippen LogP contribution < -0.4 is 0 Å². The Morgan fingerprint density at radius 1 is 1.29 bits per heavy atom. The maximum atomic E-state index is 14.3. The summed E-state index contributed by atoms with van der Waals surface area (Å²) in [6, 6.07) is 12.5. The standard InChI is InChI=1S/C24H23F2N5O3/c1-29(9-10-32)24(33)34-30-8-7-22-20(15-30)23(17-4-2-3-16(11-17)13-27)28-31(22)14-18-5-6-19(25)12-21(18)26/h2-6,11-12,32H,7-10,14-15H2,1H3. The minimum absolute atomic E-state index is 0.103. The fraction of sp³-hybridized carbons (Fsp3) is 0.292. The Morgan fingerprint density at radius 3 is 2.85 bits per heavy atom. The van der Waals surface area contributed by atoms with Crippen LogP contribution in [0.2, 0.25) is 0 Å². The molecule has 8 nitrogen and oxygen atoms in total. The van der Waals surface area contributed by atoms with Gasteiger partial charge in [0.15, 0.2) is 0 Å². The van der Waals surface area contributed by atoms with Crippen molar-refractivity contribution in [3.05, 3.63) is 76.5 Å². The van der Waals surface area contributed by atoms with Gasteiger partial charge < -0.3 is 14.8 Å². The molecule has 0 saturated heterocycles. The molecule has 1 amide bonds. The van der Waals surface area contributed by atoms with Crippen molar-refractivity contribution < 1.29 is 23.5 Å². The fourth-order valence-electron chi connectivity index (χ4n) is 3.88. The van der Waals surface area contributed by atoms with Crippen molar-refractivity contribution in [1.29, 1.82) is 5.26 Å². The summed E-state index contributed by atoms with van der Waals surface area (Å²) < 4.78 is 29.4. The first-order valence-corrected chi connectivity index (χ1v) is 10.7. The summed E-state index contributed by atoms with van der Waals surface area (Å²) in [5, 5.41) is 24.6. The molecule has 34 heavy (non-hydrogen) atoms. The highest BCUT2D eigenvalue weighted by Gasteiger charge is 2.29. The van der Waals surface area contributed by atoms with Crippen molar-refractivity contribution in [3.63, 3.8) is 0 Å². The number of carbonyl (C=O) groups is 1. The number of nitrogens with zero attached hydrogens (tertiary/aromatic N) is 5. The Morgan fingerprint density at radius 2 is 2.12 bits per heavy atom. The number of hydrogen-bond acceptors (Lipinski definition) is 6. The second-order valence-corrected chi connectivity index (χ2v) is 7.98. The summed E-state index contributed by atoms with van der Waals surface area (Å²) >= 11 is 0. The first-order chi connectivity index (χ1) is 16.4. The molecule has 0 spiro atoms. The van der Waals surface area contributed by atoms with E-state index in [2.05, 4.69) is 6.07 Å². The van der Waals surface area contributed by atoms with Gasteiger partial charge in [0.2, 0.25) is 0 Å². The Balaban J connectivity index is 1.69. The summed E-state index contributed by atoms with van der Waals surface area (Å²) in [6.45, 7) is 0.700. The van der Waals surface area contributed by atoms with E-state index in [1.807, 2.05) is 6.07 Å². The van der Waals surface area contributed by atoms with Crippen LogP contribution in [0.1, 0.15) is 22.4 Å². The third-order valence-corrected chi connectivity index (χ3v) is 5.65. The van der Waals surface area contributed by atoms with Gasteiger partial charge in [0.25, 0.3) is 0 Å². The predicted molar refractivity (Wildman–Crippen MR) is 118 cm³/mol. The fourth-order valence-corrected chi connectivity index (χ4v) is 3.88. The quantitative estimate of drug-likeness (QED) is 0.599. The lowest BCUT2D eigenvalue weighted by molar-refractivity contribution is -0.122. The van der Waals surface area contributed by atoms with E-state index >= 15 is 0 Å². The molecule has 1 aliphatic rings. The van der Waals surface area contributed by atoms with Gasteiger partial charge in [0.05, 0.1) is 37.0 Å². The molecule has 1 aromatic heterocycles. The van der Waals surface area contributed by atoms with E-state index in [9.17, 15) is 18.8 Å². The number of rotatable bonds is 6. The van der Waals surface area contributed by atoms with E-state index in [0.29, 0.717) is 35.3 Å². The molecule has 10 heteroatoms. The number of aliphatic hydroxyl groups is 1. The van der Waals surface area contributed by atoms with Crippen molar-refractivity contribution in [3.8, 4) is 17.3 Å². The Bertz CT molecular complexity index is 1250. The maximum Gasteiger partial charge on any atom is 0.428 e. The number of benzene rings is 2. The van der Waals surface area contributed by atoms with E-state index in [-0.39, 0.29) is 26.2 Å². The first kappa shape index (κ1) is 23.4. The average molecular weight is 467 g/mol. The second kappa shape index (κ2) is 9.99. The van der Waals surface area contributed by atoms with Crippen molar-refractivity contribution in [2.45, 2.75) is 19.5 Å². The summed E-state index contributed by atoms with van der Waals surface area (Å²) in [5.74, 6) is -1.31. The van der Waals surface area contributed by atoms with Gasteiger partial charge in [-0.2, -0.15) is 10.4 Å². The van der Waals surface area contributed by atoms with Crippen molar-refractivity contribution >= 4 is 6.09 Å². The number of carbonyl (C=O) groups excluding carboxylic acids is 1. The normalized spacial score (nSPS) is 13.3. The van der Waals surface area contributed by atoms with E-state index in [0.717, 1.165) is 17.3 Å². The summed E-state index contributed by atoms with van der Waals surface area (Å²) in [4.78, 5) is 19.0. The highest BCUT2D eigenvalue weighted by Crippen LogP contribution is 2.31.